The first kappa shape index (κ1) is 18.9. The standard InChI is InChI=1S/C17H19N3O3S2/c1-3-11-19(12-4-2)16(21)14-20(17-18-10-13-24-17)25(22,23)15-8-6-5-7-9-15/h3-10,13H,1-2,11-12,14H2. The van der Waals surface area contributed by atoms with E-state index in [1.54, 1.807) is 35.7 Å². The molecule has 0 fully saturated rings. The van der Waals surface area contributed by atoms with E-state index < -0.39 is 10.0 Å². The number of carbonyl (C=O) groups is 1. The van der Waals surface area contributed by atoms with Crippen LogP contribution in [0.1, 0.15) is 0 Å². The summed E-state index contributed by atoms with van der Waals surface area (Å²) in [6.07, 6.45) is 4.67. The normalized spacial score (nSPS) is 10.9. The molecule has 0 radical (unpaired) electrons. The van der Waals surface area contributed by atoms with E-state index in [9.17, 15) is 13.2 Å². The van der Waals surface area contributed by atoms with Crippen LogP contribution in [0.5, 0.6) is 0 Å². The topological polar surface area (TPSA) is 70.6 Å². The van der Waals surface area contributed by atoms with Gasteiger partial charge in [0.15, 0.2) is 5.13 Å². The van der Waals surface area contributed by atoms with E-state index in [0.29, 0.717) is 13.1 Å². The van der Waals surface area contributed by atoms with E-state index >= 15 is 0 Å². The number of sulfonamides is 1. The molecule has 6 nitrogen and oxygen atoms in total. The van der Waals surface area contributed by atoms with Crippen LogP contribution in [0, 0.1) is 0 Å². The lowest BCUT2D eigenvalue weighted by Gasteiger charge is -2.25. The van der Waals surface area contributed by atoms with Crippen LogP contribution < -0.4 is 4.31 Å². The van der Waals surface area contributed by atoms with E-state index in [4.69, 9.17) is 0 Å². The van der Waals surface area contributed by atoms with Crippen molar-refractivity contribution in [2.75, 3.05) is 23.9 Å². The predicted octanol–water partition coefficient (Wildman–Crippen LogP) is 2.54. The monoisotopic (exact) mass is 377 g/mol. The van der Waals surface area contributed by atoms with Crippen LogP contribution in [0.25, 0.3) is 0 Å². The molecule has 25 heavy (non-hydrogen) atoms. The van der Waals surface area contributed by atoms with Gasteiger partial charge in [-0.15, -0.1) is 24.5 Å². The fourth-order valence-electron chi connectivity index (χ4n) is 2.13. The summed E-state index contributed by atoms with van der Waals surface area (Å²) in [5.74, 6) is -0.352. The summed E-state index contributed by atoms with van der Waals surface area (Å²) < 4.78 is 27.0. The average molecular weight is 377 g/mol. The molecule has 2 aromatic rings. The lowest BCUT2D eigenvalue weighted by atomic mass is 10.4. The van der Waals surface area contributed by atoms with Crippen molar-refractivity contribution in [3.63, 3.8) is 0 Å². The highest BCUT2D eigenvalue weighted by Gasteiger charge is 2.30. The van der Waals surface area contributed by atoms with Crippen molar-refractivity contribution in [1.82, 2.24) is 9.88 Å². The smallest absolute Gasteiger partial charge is 0.266 e. The van der Waals surface area contributed by atoms with E-state index in [-0.39, 0.29) is 22.5 Å². The van der Waals surface area contributed by atoms with Crippen molar-refractivity contribution in [1.29, 1.82) is 0 Å². The molecule has 1 aromatic heterocycles. The number of nitrogens with zero attached hydrogens (tertiary/aromatic N) is 3. The number of benzene rings is 1. The third kappa shape index (κ3) is 4.55. The molecule has 132 valence electrons. The fourth-order valence-corrected chi connectivity index (χ4v) is 4.39. The predicted molar refractivity (Wildman–Crippen MR) is 100 cm³/mol. The summed E-state index contributed by atoms with van der Waals surface area (Å²) in [6, 6.07) is 7.98. The summed E-state index contributed by atoms with van der Waals surface area (Å²) in [6.45, 7) is 7.51. The fraction of sp³-hybridized carbons (Fsp3) is 0.176. The Morgan fingerprint density at radius 1 is 1.16 bits per heavy atom. The van der Waals surface area contributed by atoms with Crippen molar-refractivity contribution in [3.8, 4) is 0 Å². The second-order valence-electron chi connectivity index (χ2n) is 5.02. The molecule has 0 spiro atoms. The van der Waals surface area contributed by atoms with Gasteiger partial charge in [0.05, 0.1) is 4.90 Å². The van der Waals surface area contributed by atoms with Crippen molar-refractivity contribution in [2.45, 2.75) is 4.90 Å². The molecule has 0 saturated carbocycles. The Bertz CT molecular complexity index is 808. The number of rotatable bonds is 9. The SMILES string of the molecule is C=CCN(CC=C)C(=O)CN(c1nccs1)S(=O)(=O)c1ccccc1. The summed E-state index contributed by atoms with van der Waals surface area (Å²) in [5.41, 5.74) is 0. The van der Waals surface area contributed by atoms with Gasteiger partial charge in [0, 0.05) is 24.7 Å². The minimum Gasteiger partial charge on any atom is -0.334 e. The van der Waals surface area contributed by atoms with Crippen LogP contribution >= 0.6 is 11.3 Å². The highest BCUT2D eigenvalue weighted by molar-refractivity contribution is 7.93. The Labute approximate surface area is 151 Å². The molecule has 0 saturated heterocycles. The number of thiazole rings is 1. The summed E-state index contributed by atoms with van der Waals surface area (Å²) in [4.78, 5) is 18.3. The van der Waals surface area contributed by atoms with E-state index in [2.05, 4.69) is 18.1 Å². The molecule has 1 amide bonds. The second-order valence-corrected chi connectivity index (χ2v) is 7.75. The molecule has 0 aliphatic rings. The Balaban J connectivity index is 2.36. The summed E-state index contributed by atoms with van der Waals surface area (Å²) in [5, 5.41) is 1.91. The van der Waals surface area contributed by atoms with Gasteiger partial charge in [0.25, 0.3) is 10.0 Å². The third-order valence-corrected chi connectivity index (χ3v) is 5.95. The molecule has 8 heteroatoms. The van der Waals surface area contributed by atoms with Crippen LogP contribution in [-0.2, 0) is 14.8 Å². The first-order valence-electron chi connectivity index (χ1n) is 7.47. The Morgan fingerprint density at radius 3 is 2.32 bits per heavy atom. The number of aromatic nitrogens is 1. The molecule has 0 aliphatic carbocycles. The van der Waals surface area contributed by atoms with Crippen LogP contribution in [-0.4, -0.2) is 43.8 Å². The van der Waals surface area contributed by atoms with Gasteiger partial charge in [-0.25, -0.2) is 17.7 Å². The van der Waals surface area contributed by atoms with Gasteiger partial charge in [-0.1, -0.05) is 30.4 Å². The Morgan fingerprint density at radius 2 is 1.80 bits per heavy atom. The molecule has 0 unspecified atom stereocenters. The molecular formula is C17H19N3O3S2. The van der Waals surface area contributed by atoms with Crippen molar-refractivity contribution >= 4 is 32.4 Å². The van der Waals surface area contributed by atoms with Gasteiger partial charge >= 0.3 is 0 Å². The van der Waals surface area contributed by atoms with Crippen LogP contribution in [0.15, 0.2) is 72.1 Å². The first-order chi connectivity index (χ1) is 12.0. The molecule has 1 aromatic carbocycles. The van der Waals surface area contributed by atoms with Gasteiger partial charge in [-0.2, -0.15) is 0 Å². The minimum absolute atomic E-state index is 0.108. The Hall–Kier alpha value is -2.45. The second kappa shape index (κ2) is 8.59. The van der Waals surface area contributed by atoms with E-state index in [1.165, 1.54) is 23.2 Å². The zero-order valence-corrected chi connectivity index (χ0v) is 15.2. The van der Waals surface area contributed by atoms with Gasteiger partial charge in [-0.3, -0.25) is 4.79 Å². The maximum absolute atomic E-state index is 13.0. The highest BCUT2D eigenvalue weighted by Crippen LogP contribution is 2.25. The third-order valence-electron chi connectivity index (χ3n) is 3.29. The van der Waals surface area contributed by atoms with Gasteiger partial charge in [0.1, 0.15) is 6.54 Å². The van der Waals surface area contributed by atoms with E-state index in [1.807, 2.05) is 0 Å². The van der Waals surface area contributed by atoms with Gasteiger partial charge < -0.3 is 4.90 Å². The quantitative estimate of drug-likeness (QED) is 0.630. The van der Waals surface area contributed by atoms with Crippen LogP contribution in [0.4, 0.5) is 5.13 Å². The zero-order chi connectivity index (χ0) is 18.3. The maximum atomic E-state index is 13.0. The number of amides is 1. The average Bonchev–Trinajstić information content (AvgIpc) is 3.14. The van der Waals surface area contributed by atoms with Gasteiger partial charge in [0.2, 0.25) is 5.91 Å². The lowest BCUT2D eigenvalue weighted by Crippen LogP contribution is -2.43. The zero-order valence-electron chi connectivity index (χ0n) is 13.6. The number of hydrogen-bond donors (Lipinski definition) is 0. The molecule has 2 rings (SSSR count). The number of carbonyl (C=O) groups excluding carboxylic acids is 1. The number of anilines is 1. The van der Waals surface area contributed by atoms with Crippen molar-refractivity contribution in [3.05, 3.63) is 67.2 Å². The number of hydrogen-bond acceptors (Lipinski definition) is 5. The molecule has 0 atom stereocenters. The van der Waals surface area contributed by atoms with Crippen molar-refractivity contribution in [2.24, 2.45) is 0 Å². The minimum atomic E-state index is -3.90. The molecule has 0 N–H and O–H groups in total. The molecular weight excluding hydrogens is 358 g/mol. The van der Waals surface area contributed by atoms with Gasteiger partial charge in [-0.05, 0) is 12.1 Å². The highest BCUT2D eigenvalue weighted by atomic mass is 32.2. The maximum Gasteiger partial charge on any atom is 0.266 e. The summed E-state index contributed by atoms with van der Waals surface area (Å²) >= 11 is 1.16. The molecule has 0 bridgehead atoms. The summed E-state index contributed by atoms with van der Waals surface area (Å²) in [7, 11) is -3.90. The van der Waals surface area contributed by atoms with Crippen molar-refractivity contribution < 1.29 is 13.2 Å². The lowest BCUT2D eigenvalue weighted by molar-refractivity contribution is -0.128. The Kier molecular flexibility index (Phi) is 6.49. The van der Waals surface area contributed by atoms with Crippen LogP contribution in [0.3, 0.4) is 0 Å². The molecule has 1 heterocycles. The molecule has 0 aliphatic heterocycles. The van der Waals surface area contributed by atoms with Crippen LogP contribution in [0.2, 0.25) is 0 Å². The first-order valence-corrected chi connectivity index (χ1v) is 9.79. The largest absolute Gasteiger partial charge is 0.334 e. The van der Waals surface area contributed by atoms with E-state index in [0.717, 1.165) is 15.6 Å².